The highest BCUT2D eigenvalue weighted by Crippen LogP contribution is 2.77. The molecule has 0 unspecified atom stereocenters. The zero-order chi connectivity index (χ0) is 20.9. The van der Waals surface area contributed by atoms with Gasteiger partial charge in [0.25, 0.3) is 0 Å². The standard InChI is InChI=1S/C29H50/c1-8-20-12-17-26(4)21(20)13-18-28(6)23(26)10-11-24-27(5)16-9-15-25(2,3)22(27)14-19-29(24,28)7/h20-24H,8-19H2,1-7H3/t20-,21-,22+,23-,24-,26-,27-,28-,29-/m1/s1. The van der Waals surface area contributed by atoms with Gasteiger partial charge in [0.2, 0.25) is 0 Å². The Morgan fingerprint density at radius 3 is 1.86 bits per heavy atom. The third-order valence-corrected chi connectivity index (χ3v) is 13.4. The van der Waals surface area contributed by atoms with E-state index in [-0.39, 0.29) is 0 Å². The summed E-state index contributed by atoms with van der Waals surface area (Å²) in [5.41, 5.74) is 2.97. The van der Waals surface area contributed by atoms with Crippen LogP contribution >= 0.6 is 0 Å². The Morgan fingerprint density at radius 2 is 1.21 bits per heavy atom. The summed E-state index contributed by atoms with van der Waals surface area (Å²) in [5, 5.41) is 0. The fraction of sp³-hybridized carbons (Fsp3) is 1.00. The minimum absolute atomic E-state index is 0.565. The van der Waals surface area contributed by atoms with E-state index in [0.717, 1.165) is 29.6 Å². The summed E-state index contributed by atoms with van der Waals surface area (Å²) in [6, 6.07) is 0. The van der Waals surface area contributed by atoms with Gasteiger partial charge < -0.3 is 0 Å². The van der Waals surface area contributed by atoms with Gasteiger partial charge in [0, 0.05) is 0 Å². The molecule has 5 aliphatic carbocycles. The van der Waals surface area contributed by atoms with Gasteiger partial charge in [-0.25, -0.2) is 0 Å². The third-order valence-electron chi connectivity index (χ3n) is 13.4. The summed E-state index contributed by atoms with van der Waals surface area (Å²) in [4.78, 5) is 0. The van der Waals surface area contributed by atoms with Crippen LogP contribution in [-0.4, -0.2) is 0 Å². The van der Waals surface area contributed by atoms with Crippen LogP contribution in [0.15, 0.2) is 0 Å². The van der Waals surface area contributed by atoms with E-state index in [1.807, 2.05) is 0 Å². The van der Waals surface area contributed by atoms with E-state index in [9.17, 15) is 0 Å². The molecule has 0 saturated heterocycles. The van der Waals surface area contributed by atoms with Crippen molar-refractivity contribution in [2.24, 2.45) is 56.7 Å². The fourth-order valence-corrected chi connectivity index (χ4v) is 11.9. The number of fused-ring (bicyclic) bond motifs is 7. The quantitative estimate of drug-likeness (QED) is 0.413. The molecule has 5 aliphatic rings. The first kappa shape index (κ1) is 20.9. The predicted octanol–water partition coefficient (Wildman–Crippen LogP) is 8.89. The van der Waals surface area contributed by atoms with Crippen LogP contribution in [0.4, 0.5) is 0 Å². The van der Waals surface area contributed by atoms with Crippen LogP contribution in [-0.2, 0) is 0 Å². The van der Waals surface area contributed by atoms with E-state index in [1.54, 1.807) is 12.8 Å². The van der Waals surface area contributed by atoms with Crippen molar-refractivity contribution in [3.63, 3.8) is 0 Å². The molecule has 0 bridgehead atoms. The van der Waals surface area contributed by atoms with Crippen LogP contribution in [0.2, 0.25) is 0 Å². The molecule has 166 valence electrons. The first-order valence-corrected chi connectivity index (χ1v) is 13.5. The highest BCUT2D eigenvalue weighted by atomic mass is 14.7. The zero-order valence-corrected chi connectivity index (χ0v) is 20.9. The van der Waals surface area contributed by atoms with Crippen molar-refractivity contribution in [1.82, 2.24) is 0 Å². The van der Waals surface area contributed by atoms with Crippen LogP contribution in [0.3, 0.4) is 0 Å². The lowest BCUT2D eigenvalue weighted by Gasteiger charge is -2.73. The van der Waals surface area contributed by atoms with Crippen LogP contribution in [0.1, 0.15) is 126 Å². The predicted molar refractivity (Wildman–Crippen MR) is 125 cm³/mol. The van der Waals surface area contributed by atoms with Crippen molar-refractivity contribution >= 4 is 0 Å². The van der Waals surface area contributed by atoms with Gasteiger partial charge in [-0.15, -0.1) is 0 Å². The van der Waals surface area contributed by atoms with Gasteiger partial charge in [0.05, 0.1) is 0 Å². The molecule has 29 heavy (non-hydrogen) atoms. The Bertz CT molecular complexity index is 661. The number of rotatable bonds is 1. The molecule has 5 fully saturated rings. The Labute approximate surface area is 182 Å². The van der Waals surface area contributed by atoms with E-state index in [1.165, 1.54) is 64.2 Å². The molecule has 0 nitrogen and oxygen atoms in total. The lowest BCUT2D eigenvalue weighted by Crippen LogP contribution is -2.65. The van der Waals surface area contributed by atoms with Crippen molar-refractivity contribution in [3.05, 3.63) is 0 Å². The SMILES string of the molecule is CC[C@@H]1CC[C@]2(C)[C@@H]1CC[C@]1(C)[C@@H]2CC[C@@H]2[C@]3(C)CCCC(C)(C)[C@@H]3CC[C@]21C. The van der Waals surface area contributed by atoms with E-state index < -0.39 is 0 Å². The maximum Gasteiger partial charge on any atom is -0.0235 e. The lowest BCUT2D eigenvalue weighted by atomic mass is 9.32. The summed E-state index contributed by atoms with van der Waals surface area (Å²) >= 11 is 0. The maximum atomic E-state index is 2.81. The van der Waals surface area contributed by atoms with E-state index in [0.29, 0.717) is 27.1 Å². The molecule has 0 aromatic carbocycles. The van der Waals surface area contributed by atoms with Crippen molar-refractivity contribution in [3.8, 4) is 0 Å². The number of hydrogen-bond acceptors (Lipinski definition) is 0. The highest BCUT2D eigenvalue weighted by molar-refractivity contribution is 5.18. The molecule has 5 rings (SSSR count). The molecule has 5 saturated carbocycles. The molecule has 0 amide bonds. The van der Waals surface area contributed by atoms with E-state index in [2.05, 4.69) is 48.5 Å². The Kier molecular flexibility index (Phi) is 4.52. The second-order valence-electron chi connectivity index (χ2n) is 14.3. The van der Waals surface area contributed by atoms with E-state index >= 15 is 0 Å². The molecule has 0 radical (unpaired) electrons. The summed E-state index contributed by atoms with van der Waals surface area (Å²) in [6.07, 6.45) is 18.1. The average molecular weight is 399 g/mol. The molecule has 0 heterocycles. The van der Waals surface area contributed by atoms with Crippen LogP contribution in [0, 0.1) is 56.7 Å². The van der Waals surface area contributed by atoms with Crippen LogP contribution < -0.4 is 0 Å². The van der Waals surface area contributed by atoms with Gasteiger partial charge in [-0.2, -0.15) is 0 Å². The van der Waals surface area contributed by atoms with Crippen molar-refractivity contribution in [2.75, 3.05) is 0 Å². The third kappa shape index (κ3) is 2.44. The normalized spacial score (nSPS) is 58.7. The first-order chi connectivity index (χ1) is 13.5. The maximum absolute atomic E-state index is 2.81. The molecule has 0 heteroatoms. The second kappa shape index (κ2) is 6.28. The molecule has 0 N–H and O–H groups in total. The van der Waals surface area contributed by atoms with Gasteiger partial charge in [-0.05, 0) is 121 Å². The largest absolute Gasteiger partial charge is 0.0651 e. The molecule has 0 aromatic rings. The molecular weight excluding hydrogens is 348 g/mol. The summed E-state index contributed by atoms with van der Waals surface area (Å²) < 4.78 is 0. The Morgan fingerprint density at radius 1 is 0.586 bits per heavy atom. The Balaban J connectivity index is 1.53. The minimum Gasteiger partial charge on any atom is -0.0651 e. The minimum atomic E-state index is 0.565. The smallest absolute Gasteiger partial charge is 0.0235 e. The van der Waals surface area contributed by atoms with Crippen molar-refractivity contribution in [2.45, 2.75) is 126 Å². The summed E-state index contributed by atoms with van der Waals surface area (Å²) in [5.74, 6) is 4.99. The van der Waals surface area contributed by atoms with E-state index in [4.69, 9.17) is 0 Å². The van der Waals surface area contributed by atoms with Crippen molar-refractivity contribution in [1.29, 1.82) is 0 Å². The van der Waals surface area contributed by atoms with Gasteiger partial charge >= 0.3 is 0 Å². The van der Waals surface area contributed by atoms with Gasteiger partial charge in [0.15, 0.2) is 0 Å². The molecule has 0 aliphatic heterocycles. The molecule has 9 atom stereocenters. The topological polar surface area (TPSA) is 0 Å². The zero-order valence-electron chi connectivity index (χ0n) is 20.9. The second-order valence-corrected chi connectivity index (χ2v) is 14.3. The van der Waals surface area contributed by atoms with Crippen LogP contribution in [0.5, 0.6) is 0 Å². The highest BCUT2D eigenvalue weighted by Gasteiger charge is 2.69. The monoisotopic (exact) mass is 398 g/mol. The van der Waals surface area contributed by atoms with Gasteiger partial charge in [-0.1, -0.05) is 61.3 Å². The first-order valence-electron chi connectivity index (χ1n) is 13.5. The van der Waals surface area contributed by atoms with Gasteiger partial charge in [0.1, 0.15) is 0 Å². The summed E-state index contributed by atoms with van der Waals surface area (Å²) in [7, 11) is 0. The van der Waals surface area contributed by atoms with Crippen molar-refractivity contribution < 1.29 is 0 Å². The fourth-order valence-electron chi connectivity index (χ4n) is 11.9. The average Bonchev–Trinajstić information content (AvgIpc) is 2.98. The molecule has 0 aromatic heterocycles. The van der Waals surface area contributed by atoms with Gasteiger partial charge in [-0.3, -0.25) is 0 Å². The lowest BCUT2D eigenvalue weighted by molar-refractivity contribution is -0.241. The van der Waals surface area contributed by atoms with Crippen LogP contribution in [0.25, 0.3) is 0 Å². The summed E-state index contributed by atoms with van der Waals surface area (Å²) in [6.45, 7) is 18.8. The molecular formula is C29H50. The molecule has 0 spiro atoms. The Hall–Kier alpha value is 0. The number of hydrogen-bond donors (Lipinski definition) is 0.